The number of benzene rings is 5. The second kappa shape index (κ2) is 13.5. The Balaban J connectivity index is 1.28. The van der Waals surface area contributed by atoms with Crippen LogP contribution in [0.25, 0.3) is 10.5 Å². The standard InChI is InChI=1S/C38H32F2N4O2S/c39-31-19-15-28(16-20-31)36(29-17-21-32(40)22-18-29)41-23-25-42(26-24-41)38-35(27-9-3-1-4-10-27)37(30-11-5-2-6-12-30)47-43(38)33-13-7-8-14-34(33)44(45)46/h1-22,36,38H,23-26H2. The summed E-state index contributed by atoms with van der Waals surface area (Å²) in [5, 5.41) is 12.3. The molecule has 2 heterocycles. The van der Waals surface area contributed by atoms with Crippen LogP contribution < -0.4 is 4.31 Å². The van der Waals surface area contributed by atoms with Crippen molar-refractivity contribution in [2.45, 2.75) is 12.2 Å². The highest BCUT2D eigenvalue weighted by Gasteiger charge is 2.43. The number of nitro benzene ring substituents is 1. The molecule has 1 fully saturated rings. The molecule has 0 amide bonds. The highest BCUT2D eigenvalue weighted by Crippen LogP contribution is 2.53. The number of nitrogens with zero attached hydrogens (tertiary/aromatic N) is 4. The van der Waals surface area contributed by atoms with Gasteiger partial charge in [0, 0.05) is 42.7 Å². The molecule has 7 rings (SSSR count). The summed E-state index contributed by atoms with van der Waals surface area (Å²) in [6.07, 6.45) is -0.295. The normalized spacial score (nSPS) is 17.4. The zero-order chi connectivity index (χ0) is 32.3. The van der Waals surface area contributed by atoms with Crippen molar-refractivity contribution in [1.29, 1.82) is 0 Å². The Morgan fingerprint density at radius 2 is 1.17 bits per heavy atom. The minimum absolute atomic E-state index is 0.0537. The number of hydrogen-bond acceptors (Lipinski definition) is 6. The second-order valence-electron chi connectivity index (χ2n) is 11.6. The first-order chi connectivity index (χ1) is 23.0. The zero-order valence-electron chi connectivity index (χ0n) is 25.5. The van der Waals surface area contributed by atoms with Gasteiger partial charge in [0.25, 0.3) is 5.69 Å². The summed E-state index contributed by atoms with van der Waals surface area (Å²) < 4.78 is 30.0. The molecule has 0 aliphatic carbocycles. The fraction of sp³-hybridized carbons (Fsp3) is 0.158. The first-order valence-corrected chi connectivity index (χ1v) is 16.3. The van der Waals surface area contributed by atoms with E-state index in [0.29, 0.717) is 31.9 Å². The Hall–Kier alpha value is -4.83. The lowest BCUT2D eigenvalue weighted by Gasteiger charge is -2.44. The van der Waals surface area contributed by atoms with E-state index in [0.717, 1.165) is 32.7 Å². The number of hydrogen-bond donors (Lipinski definition) is 0. The molecule has 47 heavy (non-hydrogen) atoms. The molecule has 1 saturated heterocycles. The molecule has 6 nitrogen and oxygen atoms in total. The molecule has 2 aliphatic rings. The number of halogens is 2. The molecule has 0 aromatic heterocycles. The molecule has 0 bridgehead atoms. The van der Waals surface area contributed by atoms with Crippen LogP contribution in [0.3, 0.4) is 0 Å². The monoisotopic (exact) mass is 646 g/mol. The summed E-state index contributed by atoms with van der Waals surface area (Å²) in [4.78, 5) is 17.8. The van der Waals surface area contributed by atoms with Gasteiger partial charge in [-0.15, -0.1) is 0 Å². The van der Waals surface area contributed by atoms with Crippen molar-refractivity contribution in [3.05, 3.63) is 177 Å². The van der Waals surface area contributed by atoms with Crippen LogP contribution in [-0.2, 0) is 0 Å². The molecule has 1 unspecified atom stereocenters. The zero-order valence-corrected chi connectivity index (χ0v) is 26.3. The van der Waals surface area contributed by atoms with Gasteiger partial charge in [0.2, 0.25) is 0 Å². The van der Waals surface area contributed by atoms with Gasteiger partial charge in [0.15, 0.2) is 0 Å². The van der Waals surface area contributed by atoms with Crippen molar-refractivity contribution in [2.75, 3.05) is 30.5 Å². The quantitative estimate of drug-likeness (QED) is 0.0956. The lowest BCUT2D eigenvalue weighted by atomic mass is 9.95. The van der Waals surface area contributed by atoms with E-state index in [1.807, 2.05) is 48.5 Å². The molecule has 236 valence electrons. The van der Waals surface area contributed by atoms with Gasteiger partial charge in [-0.2, -0.15) is 0 Å². The molecule has 0 spiro atoms. The number of anilines is 1. The molecular weight excluding hydrogens is 615 g/mol. The third-order valence-electron chi connectivity index (χ3n) is 8.78. The number of rotatable bonds is 8. The van der Waals surface area contributed by atoms with Crippen molar-refractivity contribution < 1.29 is 13.7 Å². The molecule has 0 radical (unpaired) electrons. The summed E-state index contributed by atoms with van der Waals surface area (Å²) in [6, 6.07) is 40.2. The van der Waals surface area contributed by atoms with Crippen LogP contribution in [0.4, 0.5) is 20.2 Å². The van der Waals surface area contributed by atoms with Crippen molar-refractivity contribution in [2.24, 2.45) is 0 Å². The molecule has 0 saturated carbocycles. The van der Waals surface area contributed by atoms with Gasteiger partial charge >= 0.3 is 0 Å². The van der Waals surface area contributed by atoms with Crippen LogP contribution in [0.2, 0.25) is 0 Å². The molecule has 9 heteroatoms. The smallest absolute Gasteiger partial charge is 0.290 e. The number of nitro groups is 1. The van der Waals surface area contributed by atoms with E-state index in [4.69, 9.17) is 0 Å². The Bertz CT molecular complexity index is 1840. The molecule has 5 aromatic carbocycles. The molecule has 2 aliphatic heterocycles. The Morgan fingerprint density at radius 1 is 0.660 bits per heavy atom. The average Bonchev–Trinajstić information content (AvgIpc) is 3.52. The number of para-hydroxylation sites is 2. The average molecular weight is 647 g/mol. The largest absolute Gasteiger partial charge is 0.293 e. The van der Waals surface area contributed by atoms with Crippen LogP contribution in [-0.4, -0.2) is 47.1 Å². The summed E-state index contributed by atoms with van der Waals surface area (Å²) >= 11 is 1.54. The van der Waals surface area contributed by atoms with Crippen LogP contribution in [0, 0.1) is 21.7 Å². The van der Waals surface area contributed by atoms with Crippen molar-refractivity contribution in [3.8, 4) is 0 Å². The molecular formula is C38H32F2N4O2S. The van der Waals surface area contributed by atoms with E-state index in [9.17, 15) is 18.9 Å². The minimum Gasteiger partial charge on any atom is -0.290 e. The fourth-order valence-electron chi connectivity index (χ4n) is 6.59. The fourth-order valence-corrected chi connectivity index (χ4v) is 7.94. The molecule has 0 N–H and O–H groups in total. The topological polar surface area (TPSA) is 52.9 Å². The first-order valence-electron chi connectivity index (χ1n) is 15.5. The Morgan fingerprint density at radius 3 is 1.72 bits per heavy atom. The van der Waals surface area contributed by atoms with E-state index in [-0.39, 0.29) is 34.5 Å². The van der Waals surface area contributed by atoms with Crippen LogP contribution >= 0.6 is 11.9 Å². The SMILES string of the molecule is O=[N+]([O-])c1ccccc1N1SC(c2ccccc2)=C(c2ccccc2)C1N1CCN(C(c2ccc(F)cc2)c2ccc(F)cc2)CC1. The van der Waals surface area contributed by atoms with Gasteiger partial charge in [-0.05, 0) is 64.5 Å². The predicted molar refractivity (Wildman–Crippen MR) is 184 cm³/mol. The van der Waals surface area contributed by atoms with Gasteiger partial charge in [-0.3, -0.25) is 24.2 Å². The van der Waals surface area contributed by atoms with Gasteiger partial charge in [0.05, 0.1) is 11.0 Å². The maximum atomic E-state index is 13.9. The van der Waals surface area contributed by atoms with Gasteiger partial charge in [-0.1, -0.05) is 97.1 Å². The van der Waals surface area contributed by atoms with E-state index in [1.165, 1.54) is 36.2 Å². The molecule has 1 atom stereocenters. The van der Waals surface area contributed by atoms with Gasteiger partial charge in [0.1, 0.15) is 23.5 Å². The number of piperazine rings is 1. The van der Waals surface area contributed by atoms with Crippen LogP contribution in [0.5, 0.6) is 0 Å². The van der Waals surface area contributed by atoms with E-state index in [1.54, 1.807) is 36.4 Å². The highest BCUT2D eigenvalue weighted by atomic mass is 32.2. The lowest BCUT2D eigenvalue weighted by Crippen LogP contribution is -2.54. The summed E-state index contributed by atoms with van der Waals surface area (Å²) in [6.45, 7) is 2.68. The Labute approximate surface area is 276 Å². The summed E-state index contributed by atoms with van der Waals surface area (Å²) in [5.41, 5.74) is 5.67. The van der Waals surface area contributed by atoms with Crippen LogP contribution in [0.15, 0.2) is 133 Å². The Kier molecular flexibility index (Phi) is 8.84. The predicted octanol–water partition coefficient (Wildman–Crippen LogP) is 8.64. The maximum Gasteiger partial charge on any atom is 0.293 e. The lowest BCUT2D eigenvalue weighted by molar-refractivity contribution is -0.384. The van der Waals surface area contributed by atoms with Crippen LogP contribution in [0.1, 0.15) is 28.3 Å². The summed E-state index contributed by atoms with van der Waals surface area (Å²) in [7, 11) is 0. The summed E-state index contributed by atoms with van der Waals surface area (Å²) in [5.74, 6) is -0.612. The van der Waals surface area contributed by atoms with E-state index >= 15 is 0 Å². The van der Waals surface area contributed by atoms with Crippen molar-refractivity contribution >= 4 is 33.8 Å². The van der Waals surface area contributed by atoms with Crippen molar-refractivity contribution in [3.63, 3.8) is 0 Å². The highest BCUT2D eigenvalue weighted by molar-refractivity contribution is 8.10. The van der Waals surface area contributed by atoms with E-state index in [2.05, 4.69) is 38.4 Å². The third-order valence-corrected chi connectivity index (χ3v) is 10.0. The first kappa shape index (κ1) is 30.8. The third kappa shape index (κ3) is 6.30. The van der Waals surface area contributed by atoms with Crippen molar-refractivity contribution in [1.82, 2.24) is 9.80 Å². The van der Waals surface area contributed by atoms with E-state index < -0.39 is 0 Å². The van der Waals surface area contributed by atoms with Gasteiger partial charge < -0.3 is 0 Å². The minimum atomic E-state index is -0.316. The maximum absolute atomic E-state index is 13.9. The van der Waals surface area contributed by atoms with Gasteiger partial charge in [-0.25, -0.2) is 8.78 Å². The second-order valence-corrected chi connectivity index (χ2v) is 12.6. The molecule has 5 aromatic rings.